The first-order valence-corrected chi connectivity index (χ1v) is 11.1. The van der Waals surface area contributed by atoms with Gasteiger partial charge in [-0.2, -0.15) is 5.10 Å². The summed E-state index contributed by atoms with van der Waals surface area (Å²) in [5.41, 5.74) is 1.75. The van der Waals surface area contributed by atoms with E-state index < -0.39 is 0 Å². The first-order chi connectivity index (χ1) is 16.0. The predicted molar refractivity (Wildman–Crippen MR) is 127 cm³/mol. The topological polar surface area (TPSA) is 111 Å². The third kappa shape index (κ3) is 5.53. The highest BCUT2D eigenvalue weighted by Crippen LogP contribution is 2.12. The SMILES string of the molecule is O=C(CNC(=O)c1ccccc1)NCCn1ncc2c(=O)n(Cc3ccc(Br)cc3)cnc21. The van der Waals surface area contributed by atoms with Gasteiger partial charge in [-0.1, -0.05) is 46.3 Å². The van der Waals surface area contributed by atoms with Crippen LogP contribution in [-0.4, -0.2) is 44.2 Å². The minimum absolute atomic E-state index is 0.132. The molecule has 0 spiro atoms. The lowest BCUT2D eigenvalue weighted by Gasteiger charge is -2.08. The molecule has 2 aromatic heterocycles. The highest BCUT2D eigenvalue weighted by atomic mass is 79.9. The molecular formula is C23H21BrN6O3. The Hall–Kier alpha value is -3.79. The van der Waals surface area contributed by atoms with E-state index in [2.05, 4.69) is 36.6 Å². The van der Waals surface area contributed by atoms with Crippen LogP contribution in [0, 0.1) is 0 Å². The van der Waals surface area contributed by atoms with Crippen LogP contribution in [0.25, 0.3) is 11.0 Å². The Morgan fingerprint density at radius 3 is 2.52 bits per heavy atom. The fraction of sp³-hybridized carbons (Fsp3) is 0.174. The summed E-state index contributed by atoms with van der Waals surface area (Å²) in [5, 5.41) is 9.96. The number of halogens is 1. The fourth-order valence-electron chi connectivity index (χ4n) is 3.28. The van der Waals surface area contributed by atoms with Crippen LogP contribution in [0.3, 0.4) is 0 Å². The average molecular weight is 509 g/mol. The summed E-state index contributed by atoms with van der Waals surface area (Å²) in [5.74, 6) is -0.631. The maximum atomic E-state index is 12.8. The van der Waals surface area contributed by atoms with Gasteiger partial charge in [0.25, 0.3) is 11.5 Å². The van der Waals surface area contributed by atoms with Crippen molar-refractivity contribution in [3.63, 3.8) is 0 Å². The summed E-state index contributed by atoms with van der Waals surface area (Å²) in [7, 11) is 0. The lowest BCUT2D eigenvalue weighted by Crippen LogP contribution is -2.38. The Labute approximate surface area is 197 Å². The minimum Gasteiger partial charge on any atom is -0.353 e. The molecule has 0 atom stereocenters. The Balaban J connectivity index is 1.32. The standard InChI is InChI=1S/C23H21BrN6O3/c24-18-8-6-16(7-9-18)14-29-15-27-21-19(23(29)33)12-28-30(21)11-10-25-20(31)13-26-22(32)17-4-2-1-3-5-17/h1-9,12,15H,10-11,13-14H2,(H,25,31)(H,26,32). The smallest absolute Gasteiger partial charge is 0.264 e. The molecule has 168 valence electrons. The molecule has 0 radical (unpaired) electrons. The zero-order valence-electron chi connectivity index (χ0n) is 17.6. The van der Waals surface area contributed by atoms with Crippen molar-refractivity contribution >= 4 is 38.8 Å². The highest BCUT2D eigenvalue weighted by molar-refractivity contribution is 9.10. The molecule has 2 amide bonds. The quantitative estimate of drug-likeness (QED) is 0.377. The Kier molecular flexibility index (Phi) is 6.94. The molecule has 2 N–H and O–H groups in total. The summed E-state index contributed by atoms with van der Waals surface area (Å²) < 4.78 is 4.08. The van der Waals surface area contributed by atoms with Crippen molar-refractivity contribution in [1.29, 1.82) is 0 Å². The number of fused-ring (bicyclic) bond motifs is 1. The maximum Gasteiger partial charge on any atom is 0.264 e. The lowest BCUT2D eigenvalue weighted by molar-refractivity contribution is -0.120. The van der Waals surface area contributed by atoms with Gasteiger partial charge in [-0.3, -0.25) is 19.0 Å². The molecule has 0 bridgehead atoms. The Morgan fingerprint density at radius 2 is 1.76 bits per heavy atom. The van der Waals surface area contributed by atoms with Crippen molar-refractivity contribution < 1.29 is 9.59 Å². The maximum absolute atomic E-state index is 12.8. The van der Waals surface area contributed by atoms with E-state index in [9.17, 15) is 14.4 Å². The van der Waals surface area contributed by atoms with Gasteiger partial charge in [0.1, 0.15) is 11.7 Å². The first-order valence-electron chi connectivity index (χ1n) is 10.3. The van der Waals surface area contributed by atoms with Gasteiger partial charge in [0.15, 0.2) is 5.65 Å². The van der Waals surface area contributed by atoms with Crippen molar-refractivity contribution in [2.45, 2.75) is 13.1 Å². The molecule has 2 heterocycles. The lowest BCUT2D eigenvalue weighted by atomic mass is 10.2. The number of hydrogen-bond acceptors (Lipinski definition) is 5. The van der Waals surface area contributed by atoms with Crippen molar-refractivity contribution in [2.24, 2.45) is 0 Å². The van der Waals surface area contributed by atoms with Crippen molar-refractivity contribution in [2.75, 3.05) is 13.1 Å². The molecule has 0 saturated heterocycles. The van der Waals surface area contributed by atoms with E-state index in [0.29, 0.717) is 29.7 Å². The van der Waals surface area contributed by atoms with Gasteiger partial charge < -0.3 is 10.6 Å². The van der Waals surface area contributed by atoms with E-state index >= 15 is 0 Å². The molecule has 0 unspecified atom stereocenters. The van der Waals surface area contributed by atoms with Crippen LogP contribution in [0.4, 0.5) is 0 Å². The zero-order valence-corrected chi connectivity index (χ0v) is 19.2. The van der Waals surface area contributed by atoms with Crippen LogP contribution in [0.1, 0.15) is 15.9 Å². The van der Waals surface area contributed by atoms with Crippen molar-refractivity contribution in [3.8, 4) is 0 Å². The molecule has 2 aromatic carbocycles. The van der Waals surface area contributed by atoms with Gasteiger partial charge in [-0.25, -0.2) is 9.67 Å². The van der Waals surface area contributed by atoms with Gasteiger partial charge in [-0.05, 0) is 29.8 Å². The number of rotatable bonds is 8. The third-order valence-electron chi connectivity index (χ3n) is 4.98. The minimum atomic E-state index is -0.319. The molecule has 0 aliphatic heterocycles. The van der Waals surface area contributed by atoms with Crippen LogP contribution in [-0.2, 0) is 17.9 Å². The summed E-state index contributed by atoms with van der Waals surface area (Å²) in [6, 6.07) is 16.4. The number of amides is 2. The molecule has 0 fully saturated rings. The summed E-state index contributed by atoms with van der Waals surface area (Å²) >= 11 is 3.40. The molecular weight excluding hydrogens is 488 g/mol. The normalized spacial score (nSPS) is 10.8. The number of benzene rings is 2. The number of nitrogens with zero attached hydrogens (tertiary/aromatic N) is 4. The van der Waals surface area contributed by atoms with E-state index in [1.807, 2.05) is 30.3 Å². The second kappa shape index (κ2) is 10.2. The molecule has 0 saturated carbocycles. The van der Waals surface area contributed by atoms with Gasteiger partial charge >= 0.3 is 0 Å². The van der Waals surface area contributed by atoms with Crippen LogP contribution >= 0.6 is 15.9 Å². The van der Waals surface area contributed by atoms with Gasteiger partial charge in [0.2, 0.25) is 5.91 Å². The average Bonchev–Trinajstić information content (AvgIpc) is 3.25. The predicted octanol–water partition coefficient (Wildman–Crippen LogP) is 1.95. The molecule has 0 aliphatic rings. The van der Waals surface area contributed by atoms with Crippen molar-refractivity contribution in [1.82, 2.24) is 30.0 Å². The fourth-order valence-corrected chi connectivity index (χ4v) is 3.54. The Bertz CT molecular complexity index is 1330. The van der Waals surface area contributed by atoms with Crippen LogP contribution in [0.5, 0.6) is 0 Å². The molecule has 10 heteroatoms. The first kappa shape index (κ1) is 22.4. The third-order valence-corrected chi connectivity index (χ3v) is 5.51. The van der Waals surface area contributed by atoms with Crippen LogP contribution in [0.15, 0.2) is 76.4 Å². The second-order valence-electron chi connectivity index (χ2n) is 7.31. The van der Waals surface area contributed by atoms with E-state index in [1.165, 1.54) is 17.1 Å². The number of hydrogen-bond donors (Lipinski definition) is 2. The Morgan fingerprint density at radius 1 is 1.00 bits per heavy atom. The largest absolute Gasteiger partial charge is 0.353 e. The molecule has 33 heavy (non-hydrogen) atoms. The number of carbonyl (C=O) groups excluding carboxylic acids is 2. The molecule has 4 aromatic rings. The number of aromatic nitrogens is 4. The number of carbonyl (C=O) groups is 2. The number of nitrogens with one attached hydrogen (secondary N) is 2. The van der Waals surface area contributed by atoms with E-state index in [1.54, 1.807) is 28.9 Å². The monoisotopic (exact) mass is 508 g/mol. The molecule has 4 rings (SSSR count). The summed E-state index contributed by atoms with van der Waals surface area (Å²) in [4.78, 5) is 41.2. The van der Waals surface area contributed by atoms with E-state index in [-0.39, 0.29) is 30.5 Å². The van der Waals surface area contributed by atoms with Gasteiger partial charge in [0.05, 0.1) is 25.8 Å². The van der Waals surface area contributed by atoms with Crippen LogP contribution in [0.2, 0.25) is 0 Å². The molecule has 9 nitrogen and oxygen atoms in total. The zero-order chi connectivity index (χ0) is 23.2. The van der Waals surface area contributed by atoms with Crippen molar-refractivity contribution in [3.05, 3.63) is 93.1 Å². The van der Waals surface area contributed by atoms with E-state index in [0.717, 1.165) is 10.0 Å². The van der Waals surface area contributed by atoms with Crippen LogP contribution < -0.4 is 16.2 Å². The van der Waals surface area contributed by atoms with Gasteiger partial charge in [-0.15, -0.1) is 0 Å². The highest BCUT2D eigenvalue weighted by Gasteiger charge is 2.11. The van der Waals surface area contributed by atoms with E-state index in [4.69, 9.17) is 0 Å². The summed E-state index contributed by atoms with van der Waals surface area (Å²) in [6.07, 6.45) is 2.99. The second-order valence-corrected chi connectivity index (χ2v) is 8.22. The molecule has 0 aliphatic carbocycles. The summed E-state index contributed by atoms with van der Waals surface area (Å²) in [6.45, 7) is 0.892. The van der Waals surface area contributed by atoms with Gasteiger partial charge in [0, 0.05) is 16.6 Å².